The first kappa shape index (κ1) is 13.3. The minimum absolute atomic E-state index is 0.0396. The molecule has 0 aliphatic carbocycles. The Hall–Kier alpha value is -3.14. The van der Waals surface area contributed by atoms with Crippen molar-refractivity contribution < 1.29 is 0 Å². The average Bonchev–Trinajstić information content (AvgIpc) is 2.97. The molecule has 0 saturated heterocycles. The number of aryl methyl sites for hydroxylation is 1. The summed E-state index contributed by atoms with van der Waals surface area (Å²) in [6.07, 6.45) is 5.74. The Bertz CT molecular complexity index is 1060. The highest BCUT2D eigenvalue weighted by Crippen LogP contribution is 2.42. The van der Waals surface area contributed by atoms with Crippen molar-refractivity contribution in [3.8, 4) is 11.1 Å². The summed E-state index contributed by atoms with van der Waals surface area (Å²) < 4.78 is 0. The molecule has 1 unspecified atom stereocenters. The minimum atomic E-state index is 0.0396. The first-order valence-corrected chi connectivity index (χ1v) is 8.06. The van der Waals surface area contributed by atoms with E-state index in [0.29, 0.717) is 0 Å². The van der Waals surface area contributed by atoms with Gasteiger partial charge in [0.15, 0.2) is 0 Å². The highest BCUT2D eigenvalue weighted by atomic mass is 15.0. The number of hydrogen-bond acceptors (Lipinski definition) is 3. The largest absolute Gasteiger partial charge is 0.359 e. The standard InChI is InChI=1S/C20H16N4/c1-12-4-2-5-13(10-12)18-16-11-23-20-17(16)14(7-9-22-20)15-6-3-8-21-19(15)24-18/h2-11,18H,1H3,(H,21,24)(H,22,23). The molecule has 5 rings (SSSR count). The zero-order valence-corrected chi connectivity index (χ0v) is 13.2. The van der Waals surface area contributed by atoms with Crippen LogP contribution < -0.4 is 5.32 Å². The summed E-state index contributed by atoms with van der Waals surface area (Å²) in [5.74, 6) is 0.910. The maximum Gasteiger partial charge on any atom is 0.138 e. The lowest BCUT2D eigenvalue weighted by molar-refractivity contribution is 0.938. The highest BCUT2D eigenvalue weighted by molar-refractivity contribution is 6.00. The monoisotopic (exact) mass is 312 g/mol. The Labute approximate surface area is 139 Å². The Morgan fingerprint density at radius 2 is 1.92 bits per heavy atom. The molecule has 0 fully saturated rings. The molecule has 0 spiro atoms. The van der Waals surface area contributed by atoms with Crippen molar-refractivity contribution in [1.82, 2.24) is 15.0 Å². The van der Waals surface area contributed by atoms with E-state index in [-0.39, 0.29) is 6.04 Å². The molecule has 4 aromatic rings. The third-order valence-corrected chi connectivity index (χ3v) is 4.67. The predicted molar refractivity (Wildman–Crippen MR) is 96.0 cm³/mol. The Balaban J connectivity index is 1.85. The van der Waals surface area contributed by atoms with E-state index in [1.165, 1.54) is 27.6 Å². The maximum atomic E-state index is 4.59. The number of benzene rings is 1. The van der Waals surface area contributed by atoms with Gasteiger partial charge in [0, 0.05) is 35.1 Å². The number of rotatable bonds is 1. The molecule has 0 bridgehead atoms. The number of nitrogens with zero attached hydrogens (tertiary/aromatic N) is 2. The van der Waals surface area contributed by atoms with Gasteiger partial charge in [-0.25, -0.2) is 9.97 Å². The number of nitrogens with one attached hydrogen (secondary N) is 2. The van der Waals surface area contributed by atoms with Crippen LogP contribution in [0.15, 0.2) is 61.1 Å². The van der Waals surface area contributed by atoms with Gasteiger partial charge in [-0.1, -0.05) is 29.8 Å². The van der Waals surface area contributed by atoms with E-state index in [2.05, 4.69) is 69.8 Å². The molecule has 1 aliphatic rings. The zero-order chi connectivity index (χ0) is 16.1. The van der Waals surface area contributed by atoms with Crippen molar-refractivity contribution in [3.63, 3.8) is 0 Å². The number of hydrogen-bond donors (Lipinski definition) is 2. The summed E-state index contributed by atoms with van der Waals surface area (Å²) in [7, 11) is 0. The molecule has 116 valence electrons. The van der Waals surface area contributed by atoms with E-state index in [1.54, 1.807) is 0 Å². The SMILES string of the molecule is Cc1cccc(C2Nc3ncccc3-c3ccnc4[nH]cc2c34)c1. The number of aromatic nitrogens is 3. The molecule has 2 N–H and O–H groups in total. The minimum Gasteiger partial charge on any atom is -0.359 e. The van der Waals surface area contributed by atoms with Gasteiger partial charge in [0.1, 0.15) is 11.5 Å². The van der Waals surface area contributed by atoms with E-state index in [9.17, 15) is 0 Å². The second-order valence-corrected chi connectivity index (χ2v) is 6.22. The van der Waals surface area contributed by atoms with E-state index >= 15 is 0 Å². The van der Waals surface area contributed by atoms with Crippen molar-refractivity contribution in [2.24, 2.45) is 0 Å². The molecule has 0 amide bonds. The smallest absolute Gasteiger partial charge is 0.138 e. The topological polar surface area (TPSA) is 53.6 Å². The molecule has 4 nitrogen and oxygen atoms in total. The molecule has 4 heterocycles. The van der Waals surface area contributed by atoms with Crippen LogP contribution in [0.25, 0.3) is 22.2 Å². The molecular weight excluding hydrogens is 296 g/mol. The van der Waals surface area contributed by atoms with Gasteiger partial charge in [0.25, 0.3) is 0 Å². The first-order valence-electron chi connectivity index (χ1n) is 8.06. The second-order valence-electron chi connectivity index (χ2n) is 6.22. The van der Waals surface area contributed by atoms with Crippen LogP contribution in [0.1, 0.15) is 22.7 Å². The van der Waals surface area contributed by atoms with E-state index < -0.39 is 0 Å². The molecule has 24 heavy (non-hydrogen) atoms. The fraction of sp³-hybridized carbons (Fsp3) is 0.100. The number of anilines is 1. The van der Waals surface area contributed by atoms with E-state index in [1.807, 2.05) is 18.5 Å². The maximum absolute atomic E-state index is 4.59. The lowest BCUT2D eigenvalue weighted by Crippen LogP contribution is -2.12. The number of aromatic amines is 1. The zero-order valence-electron chi connectivity index (χ0n) is 13.2. The normalized spacial score (nSPS) is 15.6. The van der Waals surface area contributed by atoms with Gasteiger partial charge in [0.2, 0.25) is 0 Å². The summed E-state index contributed by atoms with van der Waals surface area (Å²) in [5, 5.41) is 4.81. The van der Waals surface area contributed by atoms with Crippen LogP contribution in [0.5, 0.6) is 0 Å². The Morgan fingerprint density at radius 1 is 0.958 bits per heavy atom. The third kappa shape index (κ3) is 1.86. The molecule has 0 radical (unpaired) electrons. The van der Waals surface area contributed by atoms with Crippen molar-refractivity contribution in [2.75, 3.05) is 5.32 Å². The van der Waals surface area contributed by atoms with E-state index in [4.69, 9.17) is 0 Å². The quantitative estimate of drug-likeness (QED) is 0.546. The van der Waals surface area contributed by atoms with Crippen LogP contribution in [0.3, 0.4) is 0 Å². The lowest BCUT2D eigenvalue weighted by Gasteiger charge is -2.19. The molecule has 1 atom stereocenters. The van der Waals surface area contributed by atoms with Crippen LogP contribution >= 0.6 is 0 Å². The number of fused-ring (bicyclic) bond motifs is 2. The predicted octanol–water partition coefficient (Wildman–Crippen LogP) is 4.45. The van der Waals surface area contributed by atoms with Crippen LogP contribution in [0.4, 0.5) is 5.82 Å². The molecule has 3 aromatic heterocycles. The molecule has 1 aromatic carbocycles. The highest BCUT2D eigenvalue weighted by Gasteiger charge is 2.26. The van der Waals surface area contributed by atoms with Crippen molar-refractivity contribution in [1.29, 1.82) is 0 Å². The van der Waals surface area contributed by atoms with Gasteiger partial charge in [-0.3, -0.25) is 0 Å². The molecule has 0 saturated carbocycles. The van der Waals surface area contributed by atoms with Gasteiger partial charge in [-0.2, -0.15) is 0 Å². The number of pyridine rings is 2. The molecule has 1 aliphatic heterocycles. The average molecular weight is 312 g/mol. The van der Waals surface area contributed by atoms with Gasteiger partial charge < -0.3 is 10.3 Å². The van der Waals surface area contributed by atoms with Crippen molar-refractivity contribution >= 4 is 16.9 Å². The Morgan fingerprint density at radius 3 is 2.83 bits per heavy atom. The summed E-state index contributed by atoms with van der Waals surface area (Å²) in [6, 6.07) is 14.8. The van der Waals surface area contributed by atoms with Crippen molar-refractivity contribution in [3.05, 3.63) is 77.7 Å². The summed E-state index contributed by atoms with van der Waals surface area (Å²) in [4.78, 5) is 12.4. The summed E-state index contributed by atoms with van der Waals surface area (Å²) in [6.45, 7) is 2.12. The van der Waals surface area contributed by atoms with Gasteiger partial charge >= 0.3 is 0 Å². The fourth-order valence-electron chi connectivity index (χ4n) is 3.60. The van der Waals surface area contributed by atoms with Gasteiger partial charge in [-0.15, -0.1) is 0 Å². The first-order chi connectivity index (χ1) is 11.8. The fourth-order valence-corrected chi connectivity index (χ4v) is 3.60. The van der Waals surface area contributed by atoms with E-state index in [0.717, 1.165) is 17.0 Å². The van der Waals surface area contributed by atoms with Gasteiger partial charge in [0.05, 0.1) is 6.04 Å². The summed E-state index contributed by atoms with van der Waals surface area (Å²) in [5.41, 5.74) is 6.88. The molecular formula is C20H16N4. The number of H-pyrrole nitrogens is 1. The molecule has 4 heteroatoms. The lowest BCUT2D eigenvalue weighted by atomic mass is 9.96. The third-order valence-electron chi connectivity index (χ3n) is 4.67. The van der Waals surface area contributed by atoms with Crippen LogP contribution in [-0.4, -0.2) is 15.0 Å². The Kier molecular flexibility index (Phi) is 2.73. The van der Waals surface area contributed by atoms with Crippen molar-refractivity contribution in [2.45, 2.75) is 13.0 Å². The van der Waals surface area contributed by atoms with Gasteiger partial charge in [-0.05, 0) is 36.2 Å². The van der Waals surface area contributed by atoms with Crippen LogP contribution in [0.2, 0.25) is 0 Å². The summed E-state index contributed by atoms with van der Waals surface area (Å²) >= 11 is 0. The van der Waals surface area contributed by atoms with Crippen LogP contribution in [0, 0.1) is 6.92 Å². The van der Waals surface area contributed by atoms with Crippen LogP contribution in [-0.2, 0) is 0 Å². The second kappa shape index (κ2) is 4.93.